The molecule has 0 saturated heterocycles. The van der Waals surface area contributed by atoms with Gasteiger partial charge in [0, 0.05) is 17.1 Å². The molecule has 0 bridgehead atoms. The Balaban J connectivity index is 3.08. The maximum atomic E-state index is 6.43. The van der Waals surface area contributed by atoms with Crippen LogP contribution < -0.4 is 5.30 Å². The molecule has 0 fully saturated rings. The summed E-state index contributed by atoms with van der Waals surface area (Å²) in [4.78, 5) is 0. The maximum absolute atomic E-state index is 6.43. The van der Waals surface area contributed by atoms with Crippen molar-refractivity contribution in [3.8, 4) is 0 Å². The molecule has 0 aromatic heterocycles. The number of benzene rings is 1. The van der Waals surface area contributed by atoms with Crippen molar-refractivity contribution in [2.75, 3.05) is 6.66 Å². The molecular formula is C11H17BP. The highest BCUT2D eigenvalue weighted by molar-refractivity contribution is 8.03. The van der Waals surface area contributed by atoms with Gasteiger partial charge in [0.25, 0.3) is 0 Å². The zero-order valence-corrected chi connectivity index (χ0v) is 9.81. The van der Waals surface area contributed by atoms with E-state index in [0.717, 1.165) is 0 Å². The maximum Gasteiger partial charge on any atom is 0.0420 e. The summed E-state index contributed by atoms with van der Waals surface area (Å²) in [5.41, 5.74) is 0. The third kappa shape index (κ3) is 2.14. The summed E-state index contributed by atoms with van der Waals surface area (Å²) < 4.78 is 0. The zero-order valence-electron chi connectivity index (χ0n) is 8.91. The van der Waals surface area contributed by atoms with Crippen molar-refractivity contribution in [1.29, 1.82) is 0 Å². The highest BCUT2D eigenvalue weighted by Crippen LogP contribution is 2.60. The molecule has 0 N–H and O–H groups in total. The average Bonchev–Trinajstić information content (AvgIpc) is 2.04. The second kappa shape index (κ2) is 3.46. The quantitative estimate of drug-likeness (QED) is 0.472. The van der Waals surface area contributed by atoms with Crippen LogP contribution in [0.2, 0.25) is 0 Å². The van der Waals surface area contributed by atoms with Crippen LogP contribution in [-0.2, 0) is 0 Å². The lowest BCUT2D eigenvalue weighted by Crippen LogP contribution is -2.27. The molecule has 13 heavy (non-hydrogen) atoms. The normalized spacial score (nSPS) is 16.7. The first kappa shape index (κ1) is 10.8. The molecule has 1 aromatic rings. The Labute approximate surface area is 83.5 Å². The van der Waals surface area contributed by atoms with Crippen LogP contribution in [0.15, 0.2) is 30.3 Å². The minimum absolute atomic E-state index is 0.189. The molecule has 0 saturated carbocycles. The van der Waals surface area contributed by atoms with E-state index in [9.17, 15) is 0 Å². The lowest BCUT2D eigenvalue weighted by Gasteiger charge is -2.44. The van der Waals surface area contributed by atoms with E-state index in [4.69, 9.17) is 7.57 Å². The zero-order chi connectivity index (χ0) is 10.1. The van der Waals surface area contributed by atoms with Gasteiger partial charge in [-0.2, -0.15) is 0 Å². The van der Waals surface area contributed by atoms with Gasteiger partial charge in [-0.15, -0.1) is 0 Å². The topological polar surface area (TPSA) is 0 Å². The molecule has 1 atom stereocenters. The third-order valence-corrected chi connectivity index (χ3v) is 6.84. The molecular weight excluding hydrogens is 174 g/mol. The smallest absolute Gasteiger partial charge is 0.0420 e. The van der Waals surface area contributed by atoms with E-state index >= 15 is 0 Å². The molecule has 0 heterocycles. The second-order valence-corrected chi connectivity index (χ2v) is 8.59. The standard InChI is InChI=1S/C11H17BP/c1-11(2,3)13(4,12)10-8-6-5-7-9-10/h5-9H,1-4H3. The van der Waals surface area contributed by atoms with Gasteiger partial charge in [0.15, 0.2) is 0 Å². The molecule has 0 aliphatic heterocycles. The fourth-order valence-electron chi connectivity index (χ4n) is 1.12. The van der Waals surface area contributed by atoms with Gasteiger partial charge in [-0.25, -0.2) is 7.14 Å². The van der Waals surface area contributed by atoms with Gasteiger partial charge >= 0.3 is 0 Å². The Morgan fingerprint density at radius 2 is 1.54 bits per heavy atom. The van der Waals surface area contributed by atoms with Crippen molar-refractivity contribution in [1.82, 2.24) is 0 Å². The molecule has 69 valence electrons. The van der Waals surface area contributed by atoms with Gasteiger partial charge in [-0.05, 0) is 32.9 Å². The summed E-state index contributed by atoms with van der Waals surface area (Å²) in [5, 5.41) is 1.50. The van der Waals surface area contributed by atoms with Crippen LogP contribution >= 0.6 is 7.14 Å². The number of hydrogen-bond donors (Lipinski definition) is 0. The van der Waals surface area contributed by atoms with E-state index in [1.807, 2.05) is 6.07 Å². The predicted octanol–water partition coefficient (Wildman–Crippen LogP) is 2.84. The molecule has 0 spiro atoms. The summed E-state index contributed by atoms with van der Waals surface area (Å²) in [6, 6.07) is 10.4. The van der Waals surface area contributed by atoms with Crippen molar-refractivity contribution in [3.05, 3.63) is 30.3 Å². The van der Waals surface area contributed by atoms with Gasteiger partial charge in [0.1, 0.15) is 0 Å². The summed E-state index contributed by atoms with van der Waals surface area (Å²) >= 11 is 0. The highest BCUT2D eigenvalue weighted by atomic mass is 31.2. The molecule has 0 nitrogen and oxygen atoms in total. The van der Waals surface area contributed by atoms with E-state index in [1.165, 1.54) is 5.30 Å². The first-order valence-electron chi connectivity index (χ1n) is 4.56. The molecule has 1 unspecified atom stereocenters. The largest absolute Gasteiger partial charge is 0.299 e. The fraction of sp³-hybridized carbons (Fsp3) is 0.455. The Morgan fingerprint density at radius 3 is 1.92 bits per heavy atom. The summed E-state index contributed by atoms with van der Waals surface area (Å²) in [6.45, 7) is 8.84. The van der Waals surface area contributed by atoms with Gasteiger partial charge in [-0.1, -0.05) is 18.2 Å². The molecule has 0 amide bonds. The molecule has 3 radical (unpaired) electrons. The van der Waals surface area contributed by atoms with E-state index < -0.39 is 7.14 Å². The Bertz CT molecular complexity index is 272. The van der Waals surface area contributed by atoms with Crippen LogP contribution in [0.4, 0.5) is 0 Å². The summed E-state index contributed by atoms with van der Waals surface area (Å²) in [5.74, 6) is 0. The minimum atomic E-state index is -1.48. The van der Waals surface area contributed by atoms with Crippen molar-refractivity contribution in [2.24, 2.45) is 0 Å². The van der Waals surface area contributed by atoms with Crippen molar-refractivity contribution in [2.45, 2.75) is 25.9 Å². The first-order chi connectivity index (χ1) is 5.86. The summed E-state index contributed by atoms with van der Waals surface area (Å²) in [7, 11) is 4.95. The van der Waals surface area contributed by atoms with Crippen LogP contribution in [0.5, 0.6) is 0 Å². The van der Waals surface area contributed by atoms with Gasteiger partial charge in [-0.3, -0.25) is 7.57 Å². The van der Waals surface area contributed by atoms with Crippen molar-refractivity contribution < 1.29 is 0 Å². The highest BCUT2D eigenvalue weighted by Gasteiger charge is 2.29. The Hall–Kier alpha value is -0.285. The molecule has 0 aliphatic carbocycles. The van der Waals surface area contributed by atoms with Gasteiger partial charge in [0.2, 0.25) is 0 Å². The van der Waals surface area contributed by atoms with E-state index in [1.54, 1.807) is 0 Å². The van der Waals surface area contributed by atoms with Crippen LogP contribution in [-0.4, -0.2) is 19.4 Å². The number of hydrogen-bond acceptors (Lipinski definition) is 0. The third-order valence-electron chi connectivity index (χ3n) is 2.69. The molecule has 1 rings (SSSR count). The molecule has 0 aliphatic rings. The first-order valence-corrected chi connectivity index (χ1v) is 6.87. The summed E-state index contributed by atoms with van der Waals surface area (Å²) in [6.07, 6.45) is 0. The van der Waals surface area contributed by atoms with Crippen LogP contribution in [0, 0.1) is 0 Å². The van der Waals surface area contributed by atoms with E-state index in [0.29, 0.717) is 0 Å². The van der Waals surface area contributed by atoms with Crippen LogP contribution in [0.25, 0.3) is 0 Å². The Morgan fingerprint density at radius 1 is 1.08 bits per heavy atom. The molecule has 1 aromatic carbocycles. The number of rotatable bonds is 1. The lowest BCUT2D eigenvalue weighted by molar-refractivity contribution is 0.787. The lowest BCUT2D eigenvalue weighted by atomic mass is 10.2. The SMILES string of the molecule is [B-][P+](C)(c1ccccc1)C(C)(C)C. The minimum Gasteiger partial charge on any atom is -0.299 e. The predicted molar refractivity (Wildman–Crippen MR) is 64.4 cm³/mol. The van der Waals surface area contributed by atoms with Crippen molar-refractivity contribution in [3.63, 3.8) is 0 Å². The fourth-order valence-corrected chi connectivity index (χ4v) is 2.69. The Kier molecular flexibility index (Phi) is 2.87. The molecule has 2 heteroatoms. The van der Waals surface area contributed by atoms with Crippen LogP contribution in [0.1, 0.15) is 20.8 Å². The van der Waals surface area contributed by atoms with Crippen LogP contribution in [0.3, 0.4) is 0 Å². The monoisotopic (exact) mass is 191 g/mol. The van der Waals surface area contributed by atoms with Gasteiger partial charge < -0.3 is 0 Å². The van der Waals surface area contributed by atoms with Gasteiger partial charge in [0.05, 0.1) is 0 Å². The van der Waals surface area contributed by atoms with E-state index in [2.05, 4.69) is 51.7 Å². The van der Waals surface area contributed by atoms with Crippen molar-refractivity contribution >= 4 is 20.0 Å². The average molecular weight is 191 g/mol. The second-order valence-electron chi connectivity index (χ2n) is 4.58. The van der Waals surface area contributed by atoms with E-state index in [-0.39, 0.29) is 5.16 Å².